The maximum atomic E-state index is 12.8. The summed E-state index contributed by atoms with van der Waals surface area (Å²) in [5.74, 6) is 0.901. The summed E-state index contributed by atoms with van der Waals surface area (Å²) >= 11 is 3.14. The molecule has 1 aromatic carbocycles. The van der Waals surface area contributed by atoms with E-state index in [0.717, 1.165) is 45.5 Å². The fourth-order valence-electron chi connectivity index (χ4n) is 3.04. The van der Waals surface area contributed by atoms with Crippen LogP contribution in [0, 0.1) is 13.8 Å². The first-order chi connectivity index (χ1) is 13.0. The quantitative estimate of drug-likeness (QED) is 0.589. The summed E-state index contributed by atoms with van der Waals surface area (Å²) in [4.78, 5) is 13.9. The monoisotopic (exact) mass is 398 g/mol. The van der Waals surface area contributed by atoms with Crippen molar-refractivity contribution >= 4 is 34.7 Å². The van der Waals surface area contributed by atoms with Crippen LogP contribution >= 0.6 is 23.1 Å². The van der Waals surface area contributed by atoms with E-state index in [9.17, 15) is 4.79 Å². The predicted octanol–water partition coefficient (Wildman–Crippen LogP) is 5.08. The number of rotatable bonds is 6. The molecule has 2 aromatic heterocycles. The number of thiophene rings is 1. The molecule has 1 fully saturated rings. The van der Waals surface area contributed by atoms with Crippen LogP contribution < -0.4 is 5.32 Å². The smallest absolute Gasteiger partial charge is 0.237 e. The first-order valence-electron chi connectivity index (χ1n) is 9.07. The van der Waals surface area contributed by atoms with Gasteiger partial charge in [-0.05, 0) is 56.2 Å². The Balaban J connectivity index is 1.53. The number of amides is 1. The van der Waals surface area contributed by atoms with Crippen LogP contribution in [0.5, 0.6) is 0 Å². The highest BCUT2D eigenvalue weighted by atomic mass is 32.2. The van der Waals surface area contributed by atoms with Gasteiger partial charge in [0.2, 0.25) is 5.91 Å². The van der Waals surface area contributed by atoms with Crippen LogP contribution in [0.4, 0.5) is 5.69 Å². The minimum absolute atomic E-state index is 0.0135. The number of aromatic nitrogens is 3. The van der Waals surface area contributed by atoms with Crippen molar-refractivity contribution in [3.63, 3.8) is 0 Å². The van der Waals surface area contributed by atoms with E-state index in [4.69, 9.17) is 0 Å². The molecular weight excluding hydrogens is 376 g/mol. The van der Waals surface area contributed by atoms with Crippen LogP contribution in [0.1, 0.15) is 36.9 Å². The number of nitrogens with zero attached hydrogens (tertiary/aromatic N) is 3. The third kappa shape index (κ3) is 3.80. The van der Waals surface area contributed by atoms with Crippen molar-refractivity contribution in [2.24, 2.45) is 0 Å². The van der Waals surface area contributed by atoms with Gasteiger partial charge in [-0.3, -0.25) is 9.36 Å². The third-order valence-corrected chi connectivity index (χ3v) is 6.62. The van der Waals surface area contributed by atoms with Gasteiger partial charge in [0.1, 0.15) is 0 Å². The van der Waals surface area contributed by atoms with Gasteiger partial charge in [0, 0.05) is 11.7 Å². The molecule has 27 heavy (non-hydrogen) atoms. The van der Waals surface area contributed by atoms with E-state index >= 15 is 0 Å². The van der Waals surface area contributed by atoms with Crippen molar-refractivity contribution in [1.29, 1.82) is 0 Å². The van der Waals surface area contributed by atoms with E-state index in [0.29, 0.717) is 6.04 Å². The molecule has 140 valence electrons. The zero-order chi connectivity index (χ0) is 19.0. The van der Waals surface area contributed by atoms with E-state index in [1.54, 1.807) is 11.3 Å². The van der Waals surface area contributed by atoms with Gasteiger partial charge < -0.3 is 5.32 Å². The van der Waals surface area contributed by atoms with E-state index in [2.05, 4.69) is 31.5 Å². The second-order valence-corrected chi connectivity index (χ2v) is 9.16. The Kier molecular flexibility index (Phi) is 5.06. The molecule has 4 rings (SSSR count). The van der Waals surface area contributed by atoms with Gasteiger partial charge >= 0.3 is 0 Å². The summed E-state index contributed by atoms with van der Waals surface area (Å²) in [5.41, 5.74) is 3.04. The van der Waals surface area contributed by atoms with Gasteiger partial charge in [0.05, 0.1) is 10.1 Å². The molecule has 1 aliphatic carbocycles. The van der Waals surface area contributed by atoms with Crippen molar-refractivity contribution in [2.45, 2.75) is 50.1 Å². The zero-order valence-electron chi connectivity index (χ0n) is 15.6. The Bertz CT molecular complexity index is 940. The van der Waals surface area contributed by atoms with Crippen LogP contribution in [0.2, 0.25) is 0 Å². The van der Waals surface area contributed by atoms with E-state index in [1.807, 2.05) is 45.0 Å². The lowest BCUT2D eigenvalue weighted by Gasteiger charge is -2.15. The van der Waals surface area contributed by atoms with Crippen molar-refractivity contribution in [1.82, 2.24) is 14.8 Å². The Hall–Kier alpha value is -2.12. The number of carbonyl (C=O) groups excluding carboxylic acids is 1. The molecule has 1 atom stereocenters. The van der Waals surface area contributed by atoms with E-state index in [1.165, 1.54) is 11.8 Å². The predicted molar refractivity (Wildman–Crippen MR) is 111 cm³/mol. The average Bonchev–Trinajstić information content (AvgIpc) is 3.17. The van der Waals surface area contributed by atoms with Crippen molar-refractivity contribution in [3.8, 4) is 10.7 Å². The number of hydrogen-bond donors (Lipinski definition) is 1. The summed E-state index contributed by atoms with van der Waals surface area (Å²) in [6, 6.07) is 10.6. The van der Waals surface area contributed by atoms with Crippen LogP contribution in [0.25, 0.3) is 10.7 Å². The van der Waals surface area contributed by atoms with Gasteiger partial charge in [0.25, 0.3) is 0 Å². The van der Waals surface area contributed by atoms with Gasteiger partial charge in [-0.15, -0.1) is 21.5 Å². The topological polar surface area (TPSA) is 59.8 Å². The maximum absolute atomic E-state index is 12.8. The average molecular weight is 399 g/mol. The first-order valence-corrected chi connectivity index (χ1v) is 10.8. The molecule has 1 aliphatic rings. The Morgan fingerprint density at radius 3 is 2.59 bits per heavy atom. The van der Waals surface area contributed by atoms with Gasteiger partial charge in [0.15, 0.2) is 11.0 Å². The molecule has 3 aromatic rings. The normalized spacial score (nSPS) is 14.9. The molecule has 1 saturated carbocycles. The van der Waals surface area contributed by atoms with Crippen molar-refractivity contribution in [3.05, 3.63) is 46.8 Å². The number of carbonyl (C=O) groups is 1. The van der Waals surface area contributed by atoms with E-state index < -0.39 is 0 Å². The maximum Gasteiger partial charge on any atom is 0.237 e. The summed E-state index contributed by atoms with van der Waals surface area (Å²) < 4.78 is 2.21. The molecule has 0 unspecified atom stereocenters. The highest BCUT2D eigenvalue weighted by molar-refractivity contribution is 8.00. The van der Waals surface area contributed by atoms with Crippen molar-refractivity contribution in [2.75, 3.05) is 5.32 Å². The fraction of sp³-hybridized carbons (Fsp3) is 0.350. The second-order valence-electron chi connectivity index (χ2n) is 6.90. The molecule has 1 amide bonds. The molecule has 7 heteroatoms. The number of aryl methyl sites for hydroxylation is 2. The Morgan fingerprint density at radius 1 is 1.22 bits per heavy atom. The largest absolute Gasteiger partial charge is 0.325 e. The Labute approximate surface area is 167 Å². The minimum Gasteiger partial charge on any atom is -0.325 e. The second kappa shape index (κ2) is 7.48. The highest BCUT2D eigenvalue weighted by Crippen LogP contribution is 2.42. The van der Waals surface area contributed by atoms with Crippen LogP contribution in [-0.4, -0.2) is 25.9 Å². The van der Waals surface area contributed by atoms with Gasteiger partial charge in [-0.2, -0.15) is 0 Å². The molecule has 0 aliphatic heterocycles. The van der Waals surface area contributed by atoms with Crippen LogP contribution in [-0.2, 0) is 4.79 Å². The molecule has 0 saturated heterocycles. The van der Waals surface area contributed by atoms with Crippen LogP contribution in [0.15, 0.2) is 40.9 Å². The lowest BCUT2D eigenvalue weighted by Crippen LogP contribution is -2.23. The van der Waals surface area contributed by atoms with Gasteiger partial charge in [-0.25, -0.2) is 0 Å². The third-order valence-electron chi connectivity index (χ3n) is 4.70. The number of hydrogen-bond acceptors (Lipinski definition) is 5. The first kappa shape index (κ1) is 18.3. The number of nitrogens with one attached hydrogen (secondary N) is 1. The minimum atomic E-state index is -0.262. The Morgan fingerprint density at radius 2 is 1.96 bits per heavy atom. The standard InChI is InChI=1S/C20H22N4OS2/c1-12-6-4-7-13(2)17(12)21-19(25)14(3)27-20-23-22-18(16-8-5-11-26-16)24(20)15-9-10-15/h4-8,11,14-15H,9-10H2,1-3H3,(H,21,25)/t14-/m0/s1. The zero-order valence-corrected chi connectivity index (χ0v) is 17.2. The lowest BCUT2D eigenvalue weighted by molar-refractivity contribution is -0.115. The number of benzene rings is 1. The molecular formula is C20H22N4OS2. The number of anilines is 1. The molecule has 1 N–H and O–H groups in total. The summed E-state index contributed by atoms with van der Waals surface area (Å²) in [6.07, 6.45) is 2.29. The highest BCUT2D eigenvalue weighted by Gasteiger charge is 2.31. The molecule has 0 radical (unpaired) electrons. The molecule has 0 bridgehead atoms. The molecule has 5 nitrogen and oxygen atoms in total. The van der Waals surface area contributed by atoms with Crippen molar-refractivity contribution < 1.29 is 4.79 Å². The fourth-order valence-corrected chi connectivity index (χ4v) is 4.67. The molecule has 0 spiro atoms. The molecule has 2 heterocycles. The summed E-state index contributed by atoms with van der Waals surface area (Å²) in [7, 11) is 0. The number of thioether (sulfide) groups is 1. The summed E-state index contributed by atoms with van der Waals surface area (Å²) in [6.45, 7) is 5.94. The SMILES string of the molecule is Cc1cccc(C)c1NC(=O)[C@H](C)Sc1nnc(-c2cccs2)n1C1CC1. The summed E-state index contributed by atoms with van der Waals surface area (Å²) in [5, 5.41) is 14.5. The van der Waals surface area contributed by atoms with Gasteiger partial charge in [-0.1, -0.05) is 36.0 Å². The van der Waals surface area contributed by atoms with Crippen LogP contribution in [0.3, 0.4) is 0 Å². The van der Waals surface area contributed by atoms with E-state index in [-0.39, 0.29) is 11.2 Å². The lowest BCUT2D eigenvalue weighted by atomic mass is 10.1. The number of para-hydroxylation sites is 1.